The van der Waals surface area contributed by atoms with Gasteiger partial charge in [-0.2, -0.15) is 0 Å². The van der Waals surface area contributed by atoms with Gasteiger partial charge in [-0.05, 0) is 18.6 Å². The van der Waals surface area contributed by atoms with Crippen molar-refractivity contribution in [2.24, 2.45) is 5.84 Å². The molecule has 136 valence electrons. The van der Waals surface area contributed by atoms with E-state index in [0.717, 1.165) is 12.8 Å². The number of carboxylic acids is 1. The highest BCUT2D eigenvalue weighted by molar-refractivity contribution is 5.87. The van der Waals surface area contributed by atoms with Crippen LogP contribution in [0.15, 0.2) is 30.3 Å². The molecule has 0 aliphatic heterocycles. The molecular weight excluding hydrogens is 304 g/mol. The van der Waals surface area contributed by atoms with E-state index in [0.29, 0.717) is 12.0 Å². The molecule has 0 radical (unpaired) electrons. The molecule has 0 aromatic heterocycles. The first-order valence-corrected chi connectivity index (χ1v) is 8.89. The highest BCUT2D eigenvalue weighted by Crippen LogP contribution is 2.10. The van der Waals surface area contributed by atoms with Crippen molar-refractivity contribution in [3.63, 3.8) is 0 Å². The number of nitrogens with two attached hydrogens (primary N) is 1. The summed E-state index contributed by atoms with van der Waals surface area (Å²) in [7, 11) is 0. The summed E-state index contributed by atoms with van der Waals surface area (Å²) in [6, 6.07) is 8.30. The third-order valence-electron chi connectivity index (χ3n) is 3.69. The van der Waals surface area contributed by atoms with Gasteiger partial charge >= 0.3 is 5.97 Å². The summed E-state index contributed by atoms with van der Waals surface area (Å²) in [6.45, 7) is 2.24. The van der Waals surface area contributed by atoms with Crippen molar-refractivity contribution in [2.45, 2.75) is 71.1 Å². The Hall–Kier alpha value is -1.88. The number of carboxylic acid groups (broad SMARTS) is 1. The first-order valence-electron chi connectivity index (χ1n) is 8.89. The Morgan fingerprint density at radius 2 is 1.42 bits per heavy atom. The summed E-state index contributed by atoms with van der Waals surface area (Å²) >= 11 is 0. The Labute approximate surface area is 145 Å². The average Bonchev–Trinajstić information content (AvgIpc) is 2.61. The van der Waals surface area contributed by atoms with Crippen molar-refractivity contribution in [2.75, 3.05) is 0 Å². The number of hydrogen-bond donors (Lipinski definition) is 3. The van der Waals surface area contributed by atoms with Crippen LogP contribution < -0.4 is 11.3 Å². The number of nitrogens with one attached hydrogen (secondary N) is 1. The Morgan fingerprint density at radius 3 is 1.83 bits per heavy atom. The standard InChI is InChI=1S/C12H26N2O.C7H6O2/c1-2-3-4-5-6-7-8-9-10-11-12(15)14-13;8-7(9)6-4-2-1-3-5-6/h2-11,13H2,1H3,(H,14,15);1-5H,(H,8,9). The lowest BCUT2D eigenvalue weighted by Crippen LogP contribution is -2.29. The van der Waals surface area contributed by atoms with Gasteiger partial charge in [0.2, 0.25) is 5.91 Å². The second-order valence-electron chi connectivity index (χ2n) is 5.82. The normalized spacial score (nSPS) is 9.75. The fraction of sp³-hybridized carbons (Fsp3) is 0.579. The van der Waals surface area contributed by atoms with Gasteiger partial charge in [0, 0.05) is 6.42 Å². The third kappa shape index (κ3) is 13.8. The monoisotopic (exact) mass is 336 g/mol. The highest BCUT2D eigenvalue weighted by atomic mass is 16.4. The summed E-state index contributed by atoms with van der Waals surface area (Å²) in [5.41, 5.74) is 2.48. The van der Waals surface area contributed by atoms with Gasteiger partial charge < -0.3 is 5.11 Å². The predicted octanol–water partition coefficient (Wildman–Crippen LogP) is 4.28. The number of carbonyl (C=O) groups excluding carboxylic acids is 1. The van der Waals surface area contributed by atoms with Crippen LogP contribution in [0.25, 0.3) is 0 Å². The lowest BCUT2D eigenvalue weighted by molar-refractivity contribution is -0.121. The van der Waals surface area contributed by atoms with Crippen LogP contribution in [0, 0.1) is 0 Å². The number of amides is 1. The molecular formula is C19H32N2O3. The van der Waals surface area contributed by atoms with Gasteiger partial charge in [0.1, 0.15) is 0 Å². The molecule has 0 spiro atoms. The number of unbranched alkanes of at least 4 members (excludes halogenated alkanes) is 8. The number of aromatic carboxylic acids is 1. The zero-order valence-electron chi connectivity index (χ0n) is 14.8. The van der Waals surface area contributed by atoms with Crippen LogP contribution in [-0.4, -0.2) is 17.0 Å². The fourth-order valence-electron chi connectivity index (χ4n) is 2.25. The largest absolute Gasteiger partial charge is 0.478 e. The van der Waals surface area contributed by atoms with E-state index in [4.69, 9.17) is 10.9 Å². The second kappa shape index (κ2) is 16.0. The molecule has 4 N–H and O–H groups in total. The van der Waals surface area contributed by atoms with Crippen LogP contribution in [0.4, 0.5) is 0 Å². The van der Waals surface area contributed by atoms with Crippen LogP contribution in [-0.2, 0) is 4.79 Å². The number of benzene rings is 1. The van der Waals surface area contributed by atoms with Crippen LogP contribution in [0.2, 0.25) is 0 Å². The SMILES string of the molecule is CCCCCCCCCCCC(=O)NN.O=C(O)c1ccccc1. The molecule has 1 aromatic rings. The molecule has 0 atom stereocenters. The van der Waals surface area contributed by atoms with Gasteiger partial charge in [-0.1, -0.05) is 76.5 Å². The van der Waals surface area contributed by atoms with E-state index in [2.05, 4.69) is 12.3 Å². The summed E-state index contributed by atoms with van der Waals surface area (Å²) < 4.78 is 0. The molecule has 0 saturated heterocycles. The quantitative estimate of drug-likeness (QED) is 0.243. The van der Waals surface area contributed by atoms with Crippen LogP contribution in [0.1, 0.15) is 81.5 Å². The maximum absolute atomic E-state index is 10.8. The van der Waals surface area contributed by atoms with E-state index in [9.17, 15) is 9.59 Å². The second-order valence-corrected chi connectivity index (χ2v) is 5.82. The maximum Gasteiger partial charge on any atom is 0.335 e. The lowest BCUT2D eigenvalue weighted by atomic mass is 10.1. The van der Waals surface area contributed by atoms with E-state index >= 15 is 0 Å². The summed E-state index contributed by atoms with van der Waals surface area (Å²) in [5, 5.41) is 8.38. The van der Waals surface area contributed by atoms with Crippen molar-refractivity contribution in [3.8, 4) is 0 Å². The van der Waals surface area contributed by atoms with Crippen molar-refractivity contribution in [3.05, 3.63) is 35.9 Å². The van der Waals surface area contributed by atoms with Gasteiger partial charge in [0.05, 0.1) is 5.56 Å². The molecule has 5 heteroatoms. The Balaban J connectivity index is 0.000000496. The van der Waals surface area contributed by atoms with E-state index in [-0.39, 0.29) is 5.91 Å². The molecule has 1 aromatic carbocycles. The molecule has 0 saturated carbocycles. The first-order chi connectivity index (χ1) is 11.6. The fourth-order valence-corrected chi connectivity index (χ4v) is 2.25. The molecule has 0 unspecified atom stereocenters. The zero-order valence-corrected chi connectivity index (χ0v) is 14.8. The van der Waals surface area contributed by atoms with Crippen LogP contribution in [0.5, 0.6) is 0 Å². The minimum Gasteiger partial charge on any atom is -0.478 e. The first kappa shape index (κ1) is 22.1. The molecule has 0 heterocycles. The summed E-state index contributed by atoms with van der Waals surface area (Å²) in [4.78, 5) is 21.0. The van der Waals surface area contributed by atoms with E-state index in [1.807, 2.05) is 0 Å². The molecule has 1 amide bonds. The maximum atomic E-state index is 10.8. The third-order valence-corrected chi connectivity index (χ3v) is 3.69. The smallest absolute Gasteiger partial charge is 0.335 e. The number of rotatable bonds is 11. The number of hydrazine groups is 1. The van der Waals surface area contributed by atoms with Gasteiger partial charge in [-0.15, -0.1) is 0 Å². The van der Waals surface area contributed by atoms with E-state index in [1.54, 1.807) is 30.3 Å². The highest BCUT2D eigenvalue weighted by Gasteiger charge is 1.97. The van der Waals surface area contributed by atoms with Crippen LogP contribution in [0.3, 0.4) is 0 Å². The number of carbonyl (C=O) groups is 2. The Bertz CT molecular complexity index is 435. The van der Waals surface area contributed by atoms with Gasteiger partial charge in [-0.3, -0.25) is 10.2 Å². The van der Waals surface area contributed by atoms with Crippen molar-refractivity contribution in [1.82, 2.24) is 5.43 Å². The molecule has 24 heavy (non-hydrogen) atoms. The molecule has 0 bridgehead atoms. The topological polar surface area (TPSA) is 92.4 Å². The van der Waals surface area contributed by atoms with Gasteiger partial charge in [-0.25, -0.2) is 10.6 Å². The van der Waals surface area contributed by atoms with Crippen molar-refractivity contribution < 1.29 is 14.7 Å². The molecule has 0 aliphatic rings. The lowest BCUT2D eigenvalue weighted by Gasteiger charge is -2.01. The Morgan fingerprint density at radius 1 is 0.917 bits per heavy atom. The number of hydrogen-bond acceptors (Lipinski definition) is 3. The van der Waals surface area contributed by atoms with Crippen LogP contribution >= 0.6 is 0 Å². The zero-order chi connectivity index (χ0) is 18.0. The minimum absolute atomic E-state index is 0.0436. The molecule has 5 nitrogen and oxygen atoms in total. The molecule has 0 fully saturated rings. The molecule has 1 rings (SSSR count). The van der Waals surface area contributed by atoms with Crippen molar-refractivity contribution in [1.29, 1.82) is 0 Å². The van der Waals surface area contributed by atoms with Gasteiger partial charge in [0.15, 0.2) is 0 Å². The van der Waals surface area contributed by atoms with E-state index < -0.39 is 5.97 Å². The van der Waals surface area contributed by atoms with Crippen molar-refractivity contribution >= 4 is 11.9 Å². The summed E-state index contributed by atoms with van der Waals surface area (Å²) in [6.07, 6.45) is 12.1. The average molecular weight is 336 g/mol. The van der Waals surface area contributed by atoms with E-state index in [1.165, 1.54) is 44.9 Å². The van der Waals surface area contributed by atoms with Gasteiger partial charge in [0.25, 0.3) is 0 Å². The summed E-state index contributed by atoms with van der Waals surface area (Å²) in [5.74, 6) is 4.06. The predicted molar refractivity (Wildman–Crippen MR) is 97.6 cm³/mol. The minimum atomic E-state index is -0.879. The molecule has 0 aliphatic carbocycles. The Kier molecular flexibility index (Phi) is 14.7.